The van der Waals surface area contributed by atoms with Crippen molar-refractivity contribution in [2.24, 2.45) is 0 Å². The van der Waals surface area contributed by atoms with Crippen LogP contribution in [0, 0.1) is 6.92 Å². The van der Waals surface area contributed by atoms with E-state index in [4.69, 9.17) is 20.8 Å². The van der Waals surface area contributed by atoms with Crippen LogP contribution in [-0.2, 0) is 4.79 Å². The van der Waals surface area contributed by atoms with Crippen molar-refractivity contribution in [2.75, 3.05) is 13.2 Å². The molecule has 1 aromatic carbocycles. The first kappa shape index (κ1) is 16.6. The van der Waals surface area contributed by atoms with Crippen molar-refractivity contribution in [2.45, 2.75) is 25.3 Å². The Balaban J connectivity index is 1.70. The van der Waals surface area contributed by atoms with E-state index in [-0.39, 0.29) is 18.4 Å². The van der Waals surface area contributed by atoms with Gasteiger partial charge in [0, 0.05) is 18.4 Å². The molecule has 0 saturated carbocycles. The van der Waals surface area contributed by atoms with Gasteiger partial charge in [-0.2, -0.15) is 0 Å². The molecule has 2 aromatic rings. The molecule has 3 rings (SSSR count). The Labute approximate surface area is 141 Å². The minimum atomic E-state index is -3.01. The zero-order valence-corrected chi connectivity index (χ0v) is 13.5. The number of hydrogen-bond acceptors (Lipinski definition) is 5. The Morgan fingerprint density at radius 2 is 2.12 bits per heavy atom. The predicted octanol–water partition coefficient (Wildman–Crippen LogP) is 3.02. The lowest BCUT2D eigenvalue weighted by Gasteiger charge is -2.21. The molecule has 1 saturated heterocycles. The van der Waals surface area contributed by atoms with E-state index in [2.05, 4.69) is 10.2 Å². The molecule has 0 aliphatic carbocycles. The zero-order valence-electron chi connectivity index (χ0n) is 12.7. The molecule has 1 atom stereocenters. The summed E-state index contributed by atoms with van der Waals surface area (Å²) in [5.41, 5.74) is 0. The van der Waals surface area contributed by atoms with Crippen LogP contribution in [-0.4, -0.2) is 40.1 Å². The highest BCUT2D eigenvalue weighted by molar-refractivity contribution is 6.30. The van der Waals surface area contributed by atoms with Gasteiger partial charge in [0.1, 0.15) is 11.8 Å². The Morgan fingerprint density at radius 1 is 1.42 bits per heavy atom. The molecule has 9 heteroatoms. The van der Waals surface area contributed by atoms with Crippen LogP contribution in [0.2, 0.25) is 5.02 Å². The lowest BCUT2D eigenvalue weighted by molar-refractivity contribution is -0.135. The Hall–Kier alpha value is -2.22. The molecule has 1 aliphatic heterocycles. The quantitative estimate of drug-likeness (QED) is 0.841. The Bertz CT molecular complexity index is 736. The van der Waals surface area contributed by atoms with Crippen LogP contribution >= 0.6 is 11.6 Å². The summed E-state index contributed by atoms with van der Waals surface area (Å²) < 4.78 is 38.1. The van der Waals surface area contributed by atoms with Gasteiger partial charge in [0.2, 0.25) is 11.8 Å². The highest BCUT2D eigenvalue weighted by Crippen LogP contribution is 2.40. The van der Waals surface area contributed by atoms with Crippen LogP contribution in [0.4, 0.5) is 8.78 Å². The molecule has 6 nitrogen and oxygen atoms in total. The van der Waals surface area contributed by atoms with Crippen LogP contribution in [0.15, 0.2) is 28.7 Å². The van der Waals surface area contributed by atoms with E-state index in [1.807, 2.05) is 0 Å². The number of ether oxygens (including phenoxy) is 1. The molecule has 2 heterocycles. The van der Waals surface area contributed by atoms with Crippen molar-refractivity contribution in [1.29, 1.82) is 0 Å². The largest absolute Gasteiger partial charge is 0.484 e. The number of benzene rings is 1. The summed E-state index contributed by atoms with van der Waals surface area (Å²) in [7, 11) is 0. The number of halogens is 3. The predicted molar refractivity (Wildman–Crippen MR) is 80.0 cm³/mol. The first-order valence-electron chi connectivity index (χ1n) is 7.20. The molecule has 1 amide bonds. The highest BCUT2D eigenvalue weighted by Gasteiger charge is 2.49. The van der Waals surface area contributed by atoms with E-state index in [1.54, 1.807) is 31.2 Å². The van der Waals surface area contributed by atoms with Crippen molar-refractivity contribution >= 4 is 17.5 Å². The Kier molecular flexibility index (Phi) is 4.40. The normalized spacial score (nSPS) is 19.5. The molecule has 128 valence electrons. The summed E-state index contributed by atoms with van der Waals surface area (Å²) in [4.78, 5) is 13.3. The van der Waals surface area contributed by atoms with Crippen LogP contribution < -0.4 is 4.74 Å². The van der Waals surface area contributed by atoms with Gasteiger partial charge < -0.3 is 14.1 Å². The average Bonchev–Trinajstić information content (AvgIpc) is 3.09. The summed E-state index contributed by atoms with van der Waals surface area (Å²) >= 11 is 5.76. The van der Waals surface area contributed by atoms with E-state index in [1.165, 1.54) is 0 Å². The summed E-state index contributed by atoms with van der Waals surface area (Å²) in [5.74, 6) is -2.91. The fourth-order valence-electron chi connectivity index (χ4n) is 2.50. The fourth-order valence-corrected chi connectivity index (χ4v) is 2.63. The number of carbonyl (C=O) groups is 1. The molecule has 0 unspecified atom stereocenters. The maximum absolute atomic E-state index is 13.8. The molecule has 0 N–H and O–H groups in total. The first-order chi connectivity index (χ1) is 11.3. The molecule has 1 fully saturated rings. The molecule has 0 spiro atoms. The smallest absolute Gasteiger partial charge is 0.267 e. The van der Waals surface area contributed by atoms with Crippen LogP contribution in [0.25, 0.3) is 0 Å². The van der Waals surface area contributed by atoms with Gasteiger partial charge in [0.25, 0.3) is 11.8 Å². The standard InChI is InChI=1S/C15H14ClF2N3O3/c1-9-19-20-14(24-9)12-6-15(17,18)8-21(12)13(22)7-23-11-4-2-10(16)3-5-11/h2-5,12H,6-8H2,1H3/t12-/m0/s1. The number of aryl methyl sites for hydroxylation is 1. The van der Waals surface area contributed by atoms with E-state index in [0.29, 0.717) is 10.8 Å². The number of likely N-dealkylation sites (tertiary alicyclic amines) is 1. The van der Waals surface area contributed by atoms with E-state index in [9.17, 15) is 13.6 Å². The summed E-state index contributed by atoms with van der Waals surface area (Å²) in [6.07, 6.45) is -0.554. The fraction of sp³-hybridized carbons (Fsp3) is 0.400. The molecule has 0 radical (unpaired) electrons. The number of hydrogen-bond donors (Lipinski definition) is 0. The van der Waals surface area contributed by atoms with Gasteiger partial charge in [0.15, 0.2) is 6.61 Å². The third-order valence-electron chi connectivity index (χ3n) is 3.59. The molecule has 1 aromatic heterocycles. The van der Waals surface area contributed by atoms with Gasteiger partial charge in [-0.25, -0.2) is 8.78 Å². The number of amides is 1. The van der Waals surface area contributed by atoms with Crippen LogP contribution in [0.5, 0.6) is 5.75 Å². The monoisotopic (exact) mass is 357 g/mol. The topological polar surface area (TPSA) is 68.5 Å². The SMILES string of the molecule is Cc1nnc([C@@H]2CC(F)(F)CN2C(=O)COc2ccc(Cl)cc2)o1. The van der Waals surface area contributed by atoms with Gasteiger partial charge in [0.05, 0.1) is 6.54 Å². The van der Waals surface area contributed by atoms with E-state index < -0.39 is 30.8 Å². The second-order valence-electron chi connectivity index (χ2n) is 5.50. The maximum Gasteiger partial charge on any atom is 0.267 e. The first-order valence-corrected chi connectivity index (χ1v) is 7.57. The molecule has 1 aliphatic rings. The second-order valence-corrected chi connectivity index (χ2v) is 5.94. The van der Waals surface area contributed by atoms with Crippen LogP contribution in [0.1, 0.15) is 24.2 Å². The number of rotatable bonds is 4. The number of alkyl halides is 2. The van der Waals surface area contributed by atoms with Gasteiger partial charge in [-0.05, 0) is 24.3 Å². The second kappa shape index (κ2) is 6.35. The third-order valence-corrected chi connectivity index (χ3v) is 3.84. The number of nitrogens with zero attached hydrogens (tertiary/aromatic N) is 3. The maximum atomic E-state index is 13.8. The lowest BCUT2D eigenvalue weighted by Crippen LogP contribution is -2.36. The highest BCUT2D eigenvalue weighted by atomic mass is 35.5. The van der Waals surface area contributed by atoms with Crippen LogP contribution in [0.3, 0.4) is 0 Å². The number of aromatic nitrogens is 2. The third kappa shape index (κ3) is 3.64. The minimum Gasteiger partial charge on any atom is -0.484 e. The van der Waals surface area contributed by atoms with Crippen molar-refractivity contribution < 1.29 is 22.7 Å². The average molecular weight is 358 g/mol. The summed E-state index contributed by atoms with van der Waals surface area (Å²) in [5, 5.41) is 7.91. The van der Waals surface area contributed by atoms with Gasteiger partial charge >= 0.3 is 0 Å². The van der Waals surface area contributed by atoms with Gasteiger partial charge in [-0.1, -0.05) is 11.6 Å². The number of carbonyl (C=O) groups excluding carboxylic acids is 1. The molecule has 0 bridgehead atoms. The van der Waals surface area contributed by atoms with Gasteiger partial charge in [-0.15, -0.1) is 10.2 Å². The summed E-state index contributed by atoms with van der Waals surface area (Å²) in [6.45, 7) is 0.475. The van der Waals surface area contributed by atoms with Crippen molar-refractivity contribution in [3.63, 3.8) is 0 Å². The van der Waals surface area contributed by atoms with E-state index in [0.717, 1.165) is 4.90 Å². The zero-order chi connectivity index (χ0) is 17.3. The van der Waals surface area contributed by atoms with E-state index >= 15 is 0 Å². The lowest BCUT2D eigenvalue weighted by atomic mass is 10.2. The molecular formula is C15H14ClF2N3O3. The summed E-state index contributed by atoms with van der Waals surface area (Å²) in [6, 6.07) is 5.44. The Morgan fingerprint density at radius 3 is 2.75 bits per heavy atom. The molecule has 24 heavy (non-hydrogen) atoms. The van der Waals surface area contributed by atoms with Gasteiger partial charge in [-0.3, -0.25) is 4.79 Å². The van der Waals surface area contributed by atoms with Crippen molar-refractivity contribution in [3.8, 4) is 5.75 Å². The minimum absolute atomic E-state index is 0.00418. The van der Waals surface area contributed by atoms with Crippen molar-refractivity contribution in [3.05, 3.63) is 41.1 Å². The van der Waals surface area contributed by atoms with Crippen molar-refractivity contribution in [1.82, 2.24) is 15.1 Å². The molecular weight excluding hydrogens is 344 g/mol.